The zero-order valence-corrected chi connectivity index (χ0v) is 7.25. The molecule has 5 nitrogen and oxygen atoms in total. The van der Waals surface area contributed by atoms with Gasteiger partial charge in [0.1, 0.15) is 11.2 Å². The quantitative estimate of drug-likeness (QED) is 0.427. The molecule has 0 unspecified atom stereocenters. The van der Waals surface area contributed by atoms with Gasteiger partial charge in [0.2, 0.25) is 0 Å². The van der Waals surface area contributed by atoms with Crippen molar-refractivity contribution in [2.75, 3.05) is 5.73 Å². The van der Waals surface area contributed by atoms with E-state index in [0.29, 0.717) is 5.52 Å². The smallest absolute Gasteiger partial charge is 0.294 e. The lowest BCUT2D eigenvalue weighted by atomic mass is 10.2. The fourth-order valence-electron chi connectivity index (χ4n) is 1.10. The number of nitrogens with two attached hydrogens (primary N) is 1. The molecule has 0 aliphatic heterocycles. The summed E-state index contributed by atoms with van der Waals surface area (Å²) < 4.78 is 0.864. The second-order valence-corrected chi connectivity index (χ2v) is 3.34. The molecule has 0 saturated carbocycles. The van der Waals surface area contributed by atoms with Gasteiger partial charge in [0.15, 0.2) is 0 Å². The van der Waals surface area contributed by atoms with E-state index in [1.807, 2.05) is 0 Å². The van der Waals surface area contributed by atoms with Crippen LogP contribution in [-0.2, 0) is 0 Å². The van der Waals surface area contributed by atoms with Crippen molar-refractivity contribution >= 4 is 32.9 Å². The van der Waals surface area contributed by atoms with Crippen LogP contribution in [0.15, 0.2) is 17.6 Å². The minimum absolute atomic E-state index is 0.0848. The van der Waals surface area contributed by atoms with Crippen LogP contribution in [0.1, 0.15) is 0 Å². The summed E-state index contributed by atoms with van der Waals surface area (Å²) in [5.41, 5.74) is 7.75. The van der Waals surface area contributed by atoms with Gasteiger partial charge in [0, 0.05) is 6.07 Å². The predicted molar refractivity (Wildman–Crippen MR) is 50.7 cm³/mol. The van der Waals surface area contributed by atoms with Crippen LogP contribution in [0.2, 0.25) is 0 Å². The van der Waals surface area contributed by atoms with E-state index in [9.17, 15) is 10.1 Å². The number of fused-ring (bicyclic) bond motifs is 1. The van der Waals surface area contributed by atoms with Crippen LogP contribution < -0.4 is 5.73 Å². The number of nitro groups is 1. The van der Waals surface area contributed by atoms with Crippen molar-refractivity contribution in [2.45, 2.75) is 0 Å². The summed E-state index contributed by atoms with van der Waals surface area (Å²) in [6.45, 7) is 0. The van der Waals surface area contributed by atoms with Crippen molar-refractivity contribution in [3.8, 4) is 0 Å². The van der Waals surface area contributed by atoms with E-state index in [1.54, 1.807) is 11.6 Å². The van der Waals surface area contributed by atoms with Gasteiger partial charge in [0.25, 0.3) is 5.69 Å². The molecule has 13 heavy (non-hydrogen) atoms. The standard InChI is InChI=1S/C7H5N3O2S/c8-6-4(10(11)12)1-2-5-7(6)9-3-13-5/h1-3H,8H2. The number of anilines is 1. The third-order valence-electron chi connectivity index (χ3n) is 1.72. The van der Waals surface area contributed by atoms with Crippen molar-refractivity contribution in [1.29, 1.82) is 0 Å². The number of benzene rings is 1. The molecule has 0 fully saturated rings. The summed E-state index contributed by atoms with van der Waals surface area (Å²) in [5, 5.41) is 10.5. The Morgan fingerprint density at radius 3 is 3.00 bits per heavy atom. The van der Waals surface area contributed by atoms with Gasteiger partial charge in [-0.05, 0) is 6.07 Å². The predicted octanol–water partition coefficient (Wildman–Crippen LogP) is 1.79. The molecule has 1 heterocycles. The van der Waals surface area contributed by atoms with Gasteiger partial charge < -0.3 is 5.73 Å². The Hall–Kier alpha value is -1.69. The van der Waals surface area contributed by atoms with Crippen molar-refractivity contribution < 1.29 is 4.92 Å². The van der Waals surface area contributed by atoms with Gasteiger partial charge in [-0.1, -0.05) is 0 Å². The highest BCUT2D eigenvalue weighted by molar-refractivity contribution is 7.16. The topological polar surface area (TPSA) is 82.0 Å². The molecule has 0 bridgehead atoms. The molecular formula is C7H5N3O2S. The number of hydrogen-bond donors (Lipinski definition) is 1. The molecule has 2 N–H and O–H groups in total. The third-order valence-corrected chi connectivity index (χ3v) is 2.51. The molecule has 0 amide bonds. The van der Waals surface area contributed by atoms with Gasteiger partial charge in [-0.25, -0.2) is 4.98 Å². The van der Waals surface area contributed by atoms with E-state index in [4.69, 9.17) is 5.73 Å². The van der Waals surface area contributed by atoms with Gasteiger partial charge in [-0.2, -0.15) is 0 Å². The highest BCUT2D eigenvalue weighted by atomic mass is 32.1. The molecular weight excluding hydrogens is 190 g/mol. The Morgan fingerprint density at radius 1 is 1.54 bits per heavy atom. The average Bonchev–Trinajstić information content (AvgIpc) is 2.52. The zero-order valence-electron chi connectivity index (χ0n) is 6.43. The van der Waals surface area contributed by atoms with E-state index in [1.165, 1.54) is 17.4 Å². The monoisotopic (exact) mass is 195 g/mol. The number of aromatic nitrogens is 1. The van der Waals surface area contributed by atoms with Crippen LogP contribution in [0.25, 0.3) is 10.2 Å². The number of hydrogen-bond acceptors (Lipinski definition) is 5. The Labute approximate surface area is 77.0 Å². The lowest BCUT2D eigenvalue weighted by molar-refractivity contribution is -0.383. The fourth-order valence-corrected chi connectivity index (χ4v) is 1.79. The first-order valence-corrected chi connectivity index (χ1v) is 4.34. The second-order valence-electron chi connectivity index (χ2n) is 2.45. The van der Waals surface area contributed by atoms with E-state index >= 15 is 0 Å². The molecule has 0 saturated heterocycles. The second kappa shape index (κ2) is 2.67. The molecule has 0 spiro atoms. The summed E-state index contributed by atoms with van der Waals surface area (Å²) >= 11 is 1.41. The largest absolute Gasteiger partial charge is 0.391 e. The first-order chi connectivity index (χ1) is 6.20. The van der Waals surface area contributed by atoms with Gasteiger partial charge in [-0.15, -0.1) is 11.3 Å². The van der Waals surface area contributed by atoms with E-state index in [0.717, 1.165) is 4.70 Å². The van der Waals surface area contributed by atoms with Crippen LogP contribution in [0, 0.1) is 10.1 Å². The summed E-state index contributed by atoms with van der Waals surface area (Å²) in [4.78, 5) is 13.9. The molecule has 0 aliphatic carbocycles. The van der Waals surface area contributed by atoms with Crippen LogP contribution in [0.5, 0.6) is 0 Å². The SMILES string of the molecule is Nc1c([N+](=O)[O-])ccc2scnc12. The lowest BCUT2D eigenvalue weighted by Crippen LogP contribution is -1.95. The minimum atomic E-state index is -0.506. The van der Waals surface area contributed by atoms with E-state index in [2.05, 4.69) is 4.98 Å². The highest BCUT2D eigenvalue weighted by Crippen LogP contribution is 2.30. The maximum absolute atomic E-state index is 10.5. The normalized spacial score (nSPS) is 10.5. The van der Waals surface area contributed by atoms with Crippen molar-refractivity contribution in [1.82, 2.24) is 4.98 Å². The Kier molecular flexibility index (Phi) is 1.63. The molecule has 0 aliphatic rings. The maximum atomic E-state index is 10.5. The molecule has 1 aromatic heterocycles. The van der Waals surface area contributed by atoms with Crippen molar-refractivity contribution in [2.24, 2.45) is 0 Å². The molecule has 1 aromatic carbocycles. The number of rotatable bonds is 1. The fraction of sp³-hybridized carbons (Fsp3) is 0. The molecule has 6 heteroatoms. The first kappa shape index (κ1) is 7.93. The van der Waals surface area contributed by atoms with E-state index in [-0.39, 0.29) is 11.4 Å². The first-order valence-electron chi connectivity index (χ1n) is 3.46. The molecule has 0 atom stereocenters. The van der Waals surface area contributed by atoms with Crippen molar-refractivity contribution in [3.05, 3.63) is 27.8 Å². The average molecular weight is 195 g/mol. The number of nitrogens with zero attached hydrogens (tertiary/aromatic N) is 2. The number of thiazole rings is 1. The molecule has 0 radical (unpaired) electrons. The number of nitrogen functional groups attached to an aromatic ring is 1. The highest BCUT2D eigenvalue weighted by Gasteiger charge is 2.14. The summed E-state index contributed by atoms with van der Waals surface area (Å²) in [7, 11) is 0. The van der Waals surface area contributed by atoms with E-state index < -0.39 is 4.92 Å². The Morgan fingerprint density at radius 2 is 2.31 bits per heavy atom. The van der Waals surface area contributed by atoms with Gasteiger partial charge in [0.05, 0.1) is 15.1 Å². The van der Waals surface area contributed by atoms with Crippen molar-refractivity contribution in [3.63, 3.8) is 0 Å². The van der Waals surface area contributed by atoms with Crippen LogP contribution in [0.3, 0.4) is 0 Å². The third kappa shape index (κ3) is 1.11. The molecule has 66 valence electrons. The minimum Gasteiger partial charge on any atom is -0.391 e. The zero-order chi connectivity index (χ0) is 9.42. The van der Waals surface area contributed by atoms with Gasteiger partial charge in [-0.3, -0.25) is 10.1 Å². The summed E-state index contributed by atoms with van der Waals surface area (Å²) in [5.74, 6) is 0. The maximum Gasteiger partial charge on any atom is 0.294 e. The molecule has 2 rings (SSSR count). The Bertz CT molecular complexity index is 480. The summed E-state index contributed by atoms with van der Waals surface area (Å²) in [6.07, 6.45) is 0. The van der Waals surface area contributed by atoms with Crippen LogP contribution in [-0.4, -0.2) is 9.91 Å². The number of nitro benzene ring substituents is 1. The van der Waals surface area contributed by atoms with Gasteiger partial charge >= 0.3 is 0 Å². The lowest BCUT2D eigenvalue weighted by Gasteiger charge is -1.96. The Balaban J connectivity index is 2.80. The van der Waals surface area contributed by atoms with Crippen LogP contribution >= 0.6 is 11.3 Å². The summed E-state index contributed by atoms with van der Waals surface area (Å²) in [6, 6.07) is 3.05. The van der Waals surface area contributed by atoms with Crippen LogP contribution in [0.4, 0.5) is 11.4 Å². The molecule has 2 aromatic rings.